The average molecular weight is 259 g/mol. The molecule has 0 aliphatic carbocycles. The molecule has 0 spiro atoms. The number of nitrogens with two attached hydrogens (primary N) is 1. The lowest BCUT2D eigenvalue weighted by atomic mass is 9.74. The van der Waals surface area contributed by atoms with Crippen LogP contribution in [-0.2, 0) is 4.74 Å². The van der Waals surface area contributed by atoms with E-state index in [0.29, 0.717) is 6.54 Å². The number of rotatable bonds is 4. The zero-order valence-corrected chi connectivity index (χ0v) is 11.5. The molecule has 1 aliphatic heterocycles. The van der Waals surface area contributed by atoms with Gasteiger partial charge in [-0.05, 0) is 25.6 Å². The van der Waals surface area contributed by atoms with Crippen molar-refractivity contribution in [1.29, 1.82) is 0 Å². The van der Waals surface area contributed by atoms with Crippen LogP contribution in [0.25, 0.3) is 10.9 Å². The lowest BCUT2D eigenvalue weighted by Gasteiger charge is -2.46. The van der Waals surface area contributed by atoms with Crippen molar-refractivity contribution in [2.24, 2.45) is 11.1 Å². The minimum Gasteiger partial charge on any atom is -0.380 e. The normalized spacial score (nSPS) is 19.3. The molecule has 1 unspecified atom stereocenters. The van der Waals surface area contributed by atoms with Gasteiger partial charge in [-0.1, -0.05) is 18.2 Å². The van der Waals surface area contributed by atoms with Crippen molar-refractivity contribution in [3.63, 3.8) is 0 Å². The number of nitrogens with one attached hydrogen (secondary N) is 2. The van der Waals surface area contributed by atoms with Gasteiger partial charge in [0.05, 0.1) is 13.2 Å². The van der Waals surface area contributed by atoms with Crippen molar-refractivity contribution in [3.05, 3.63) is 35.5 Å². The van der Waals surface area contributed by atoms with Crippen LogP contribution in [0.5, 0.6) is 0 Å². The van der Waals surface area contributed by atoms with Crippen molar-refractivity contribution in [1.82, 2.24) is 10.3 Å². The van der Waals surface area contributed by atoms with Crippen molar-refractivity contribution >= 4 is 10.9 Å². The van der Waals surface area contributed by atoms with Crippen LogP contribution in [-0.4, -0.2) is 31.8 Å². The van der Waals surface area contributed by atoms with Gasteiger partial charge in [-0.15, -0.1) is 0 Å². The lowest BCUT2D eigenvalue weighted by molar-refractivity contribution is -0.126. The van der Waals surface area contributed by atoms with E-state index in [1.807, 2.05) is 7.05 Å². The summed E-state index contributed by atoms with van der Waals surface area (Å²) in [4.78, 5) is 3.46. The van der Waals surface area contributed by atoms with E-state index in [1.165, 1.54) is 22.2 Å². The molecule has 1 aromatic carbocycles. The van der Waals surface area contributed by atoms with Crippen LogP contribution in [0.1, 0.15) is 17.3 Å². The predicted molar refractivity (Wildman–Crippen MR) is 77.1 cm³/mol. The molecular formula is C15H21N3O. The van der Waals surface area contributed by atoms with Crippen LogP contribution in [0.15, 0.2) is 24.3 Å². The van der Waals surface area contributed by atoms with Gasteiger partial charge in [0.25, 0.3) is 0 Å². The summed E-state index contributed by atoms with van der Waals surface area (Å²) in [6, 6.07) is 8.65. The summed E-state index contributed by atoms with van der Waals surface area (Å²) >= 11 is 0. The van der Waals surface area contributed by atoms with Crippen LogP contribution in [0.4, 0.5) is 0 Å². The zero-order valence-electron chi connectivity index (χ0n) is 11.5. The largest absolute Gasteiger partial charge is 0.380 e. The summed E-state index contributed by atoms with van der Waals surface area (Å²) in [5.41, 5.74) is 9.75. The average Bonchev–Trinajstić information content (AvgIpc) is 2.70. The lowest BCUT2D eigenvalue weighted by Crippen LogP contribution is -2.55. The molecular weight excluding hydrogens is 238 g/mol. The summed E-state index contributed by atoms with van der Waals surface area (Å²) < 4.78 is 5.43. The van der Waals surface area contributed by atoms with Gasteiger partial charge in [0.15, 0.2) is 0 Å². The minimum absolute atomic E-state index is 0.0183. The number of ether oxygens (including phenoxy) is 1. The van der Waals surface area contributed by atoms with Gasteiger partial charge in [0.1, 0.15) is 0 Å². The van der Waals surface area contributed by atoms with Crippen molar-refractivity contribution in [3.8, 4) is 0 Å². The molecule has 1 aliphatic rings. The molecule has 2 heterocycles. The first-order valence-electron chi connectivity index (χ1n) is 6.74. The molecule has 4 N–H and O–H groups in total. The van der Waals surface area contributed by atoms with E-state index in [-0.39, 0.29) is 11.5 Å². The van der Waals surface area contributed by atoms with Gasteiger partial charge in [-0.3, -0.25) is 0 Å². The Morgan fingerprint density at radius 3 is 2.74 bits per heavy atom. The van der Waals surface area contributed by atoms with Gasteiger partial charge < -0.3 is 20.8 Å². The molecule has 102 valence electrons. The summed E-state index contributed by atoms with van der Waals surface area (Å²) in [6.07, 6.45) is 0. The van der Waals surface area contributed by atoms with Gasteiger partial charge in [0, 0.05) is 34.6 Å². The minimum atomic E-state index is 0.0183. The summed E-state index contributed by atoms with van der Waals surface area (Å²) in [7, 11) is 2.00. The molecule has 0 amide bonds. The highest BCUT2D eigenvalue weighted by Gasteiger charge is 2.46. The van der Waals surface area contributed by atoms with Crippen LogP contribution >= 0.6 is 0 Å². The Balaban J connectivity index is 2.13. The van der Waals surface area contributed by atoms with E-state index in [2.05, 4.69) is 41.5 Å². The standard InChI is InChI=1S/C15H21N3O/c1-10-13(11-5-3-4-6-12(11)18-10)14(17-2)15(7-16)8-19-9-15/h3-6,14,17-18H,7-9,16H2,1-2H3. The molecule has 1 atom stereocenters. The Morgan fingerprint density at radius 2 is 2.16 bits per heavy atom. The van der Waals surface area contributed by atoms with Crippen LogP contribution < -0.4 is 11.1 Å². The van der Waals surface area contributed by atoms with Crippen molar-refractivity contribution in [2.45, 2.75) is 13.0 Å². The number of aromatic amines is 1. The molecule has 4 heteroatoms. The number of aryl methyl sites for hydroxylation is 1. The second-order valence-corrected chi connectivity index (χ2v) is 5.49. The third-order valence-electron chi connectivity index (χ3n) is 4.32. The molecule has 4 nitrogen and oxygen atoms in total. The fourth-order valence-corrected chi connectivity index (χ4v) is 3.19. The first-order chi connectivity index (χ1) is 9.22. The van der Waals surface area contributed by atoms with Crippen LogP contribution in [0.3, 0.4) is 0 Å². The molecule has 3 rings (SSSR count). The second kappa shape index (κ2) is 4.63. The fourth-order valence-electron chi connectivity index (χ4n) is 3.19. The highest BCUT2D eigenvalue weighted by Crippen LogP contribution is 2.43. The summed E-state index contributed by atoms with van der Waals surface area (Å²) in [5, 5.41) is 4.73. The predicted octanol–water partition coefficient (Wildman–Crippen LogP) is 1.71. The zero-order chi connectivity index (χ0) is 13.5. The Bertz CT molecular complexity index is 581. The number of hydrogen-bond acceptors (Lipinski definition) is 3. The van der Waals surface area contributed by atoms with Crippen molar-refractivity contribution in [2.75, 3.05) is 26.8 Å². The molecule has 0 saturated carbocycles. The maximum atomic E-state index is 6.02. The summed E-state index contributed by atoms with van der Waals surface area (Å²) in [6.45, 7) is 4.22. The van der Waals surface area contributed by atoms with Gasteiger partial charge >= 0.3 is 0 Å². The van der Waals surface area contributed by atoms with E-state index < -0.39 is 0 Å². The fraction of sp³-hybridized carbons (Fsp3) is 0.467. The van der Waals surface area contributed by atoms with Crippen molar-refractivity contribution < 1.29 is 4.74 Å². The monoisotopic (exact) mass is 259 g/mol. The Labute approximate surface area is 113 Å². The number of hydrogen-bond donors (Lipinski definition) is 3. The van der Waals surface area contributed by atoms with E-state index in [0.717, 1.165) is 13.2 Å². The molecule has 2 aromatic rings. The maximum absolute atomic E-state index is 6.02. The van der Waals surface area contributed by atoms with Gasteiger partial charge in [-0.25, -0.2) is 0 Å². The third-order valence-corrected chi connectivity index (χ3v) is 4.32. The van der Waals surface area contributed by atoms with E-state index in [4.69, 9.17) is 10.5 Å². The maximum Gasteiger partial charge on any atom is 0.0575 e. The Kier molecular flexibility index (Phi) is 3.09. The molecule has 0 bridgehead atoms. The smallest absolute Gasteiger partial charge is 0.0575 e. The van der Waals surface area contributed by atoms with Crippen LogP contribution in [0.2, 0.25) is 0 Å². The number of H-pyrrole nitrogens is 1. The Hall–Kier alpha value is -1.36. The number of fused-ring (bicyclic) bond motifs is 1. The second-order valence-electron chi connectivity index (χ2n) is 5.49. The first-order valence-corrected chi connectivity index (χ1v) is 6.74. The highest BCUT2D eigenvalue weighted by molar-refractivity contribution is 5.85. The quantitative estimate of drug-likeness (QED) is 0.783. The number of para-hydroxylation sites is 1. The topological polar surface area (TPSA) is 63.1 Å². The van der Waals surface area contributed by atoms with Gasteiger partial charge in [-0.2, -0.15) is 0 Å². The van der Waals surface area contributed by atoms with E-state index in [9.17, 15) is 0 Å². The summed E-state index contributed by atoms with van der Waals surface area (Å²) in [5.74, 6) is 0. The Morgan fingerprint density at radius 1 is 1.42 bits per heavy atom. The molecule has 0 radical (unpaired) electrons. The molecule has 1 fully saturated rings. The SMILES string of the molecule is CNC(c1c(C)[nH]c2ccccc12)C1(CN)COC1. The number of benzene rings is 1. The van der Waals surface area contributed by atoms with E-state index in [1.54, 1.807) is 0 Å². The molecule has 1 aromatic heterocycles. The van der Waals surface area contributed by atoms with Crippen LogP contribution in [0, 0.1) is 12.3 Å². The first kappa shape index (κ1) is 12.7. The van der Waals surface area contributed by atoms with E-state index >= 15 is 0 Å². The van der Waals surface area contributed by atoms with Gasteiger partial charge in [0.2, 0.25) is 0 Å². The number of aromatic nitrogens is 1. The third kappa shape index (κ3) is 1.79. The highest BCUT2D eigenvalue weighted by atomic mass is 16.5. The molecule has 1 saturated heterocycles. The molecule has 19 heavy (non-hydrogen) atoms.